The van der Waals surface area contributed by atoms with Crippen LogP contribution in [0.5, 0.6) is 0 Å². The smallest absolute Gasteiger partial charge is 0.216 e. The van der Waals surface area contributed by atoms with Crippen LogP contribution in [-0.2, 0) is 11.2 Å². The number of hydrogen-bond acceptors (Lipinski definition) is 1. The van der Waals surface area contributed by atoms with E-state index in [2.05, 4.69) is 59.9 Å². The Kier molecular flexibility index (Phi) is 3.87. The molecule has 0 spiro atoms. The van der Waals surface area contributed by atoms with E-state index in [0.29, 0.717) is 6.54 Å². The topological polar surface area (TPSA) is 29.1 Å². The van der Waals surface area contributed by atoms with Gasteiger partial charge in [0.15, 0.2) is 0 Å². The first-order valence-electron chi connectivity index (χ1n) is 7.35. The summed E-state index contributed by atoms with van der Waals surface area (Å²) in [6, 6.07) is 17.1. The van der Waals surface area contributed by atoms with Crippen LogP contribution >= 0.6 is 0 Å². The van der Waals surface area contributed by atoms with E-state index in [0.717, 1.165) is 12.8 Å². The zero-order valence-corrected chi connectivity index (χ0v) is 12.2. The standard InChI is InChI=1S/C19H19NO/c1-14(21)20-11-10-18-13-16-7-3-2-6-15(16)12-17-8-4-5-9-19(17)18/h2-9,13H,10-12H2,1H3,(H,20,21). The van der Waals surface area contributed by atoms with E-state index in [1.807, 2.05) is 0 Å². The second-order valence-corrected chi connectivity index (χ2v) is 5.44. The monoisotopic (exact) mass is 277 g/mol. The van der Waals surface area contributed by atoms with Gasteiger partial charge in [-0.1, -0.05) is 54.6 Å². The molecule has 0 aromatic heterocycles. The highest BCUT2D eigenvalue weighted by molar-refractivity contribution is 5.85. The van der Waals surface area contributed by atoms with Gasteiger partial charge in [0.25, 0.3) is 0 Å². The molecule has 1 aliphatic rings. The SMILES string of the molecule is CC(=O)NCCC1=Cc2ccccc2Cc2ccccc21. The Labute approximate surface area is 125 Å². The van der Waals surface area contributed by atoms with E-state index in [1.165, 1.54) is 27.8 Å². The van der Waals surface area contributed by atoms with Gasteiger partial charge in [-0.25, -0.2) is 0 Å². The minimum Gasteiger partial charge on any atom is -0.356 e. The molecule has 1 N–H and O–H groups in total. The summed E-state index contributed by atoms with van der Waals surface area (Å²) in [6.45, 7) is 2.24. The van der Waals surface area contributed by atoms with E-state index in [4.69, 9.17) is 0 Å². The molecule has 0 saturated carbocycles. The Balaban J connectivity index is 1.98. The summed E-state index contributed by atoms with van der Waals surface area (Å²) in [5.74, 6) is 0.0258. The zero-order valence-electron chi connectivity index (χ0n) is 12.2. The Morgan fingerprint density at radius 1 is 1.05 bits per heavy atom. The molecule has 0 radical (unpaired) electrons. The Morgan fingerprint density at radius 2 is 1.76 bits per heavy atom. The van der Waals surface area contributed by atoms with Crippen LogP contribution in [-0.4, -0.2) is 12.5 Å². The van der Waals surface area contributed by atoms with Gasteiger partial charge in [0, 0.05) is 13.5 Å². The number of amides is 1. The third-order valence-corrected chi connectivity index (χ3v) is 3.90. The van der Waals surface area contributed by atoms with E-state index < -0.39 is 0 Å². The molecule has 0 unspecified atom stereocenters. The van der Waals surface area contributed by atoms with Crippen molar-refractivity contribution in [1.29, 1.82) is 0 Å². The number of benzene rings is 2. The van der Waals surface area contributed by atoms with Gasteiger partial charge in [0.05, 0.1) is 0 Å². The maximum atomic E-state index is 11.1. The van der Waals surface area contributed by atoms with Crippen LogP contribution in [0.2, 0.25) is 0 Å². The van der Waals surface area contributed by atoms with Gasteiger partial charge in [-0.2, -0.15) is 0 Å². The van der Waals surface area contributed by atoms with Crippen molar-refractivity contribution >= 4 is 17.6 Å². The molecule has 1 amide bonds. The predicted molar refractivity (Wildman–Crippen MR) is 86.9 cm³/mol. The third kappa shape index (κ3) is 3.05. The highest BCUT2D eigenvalue weighted by Gasteiger charge is 2.14. The lowest BCUT2D eigenvalue weighted by Crippen LogP contribution is -2.21. The molecule has 0 aliphatic heterocycles. The molecule has 0 heterocycles. The average molecular weight is 277 g/mol. The van der Waals surface area contributed by atoms with Gasteiger partial charge in [-0.15, -0.1) is 0 Å². The number of nitrogens with one attached hydrogen (secondary N) is 1. The fraction of sp³-hybridized carbons (Fsp3) is 0.211. The summed E-state index contributed by atoms with van der Waals surface area (Å²) in [7, 11) is 0. The molecule has 2 heteroatoms. The van der Waals surface area contributed by atoms with Crippen molar-refractivity contribution in [3.63, 3.8) is 0 Å². The first-order chi connectivity index (χ1) is 10.2. The first kappa shape index (κ1) is 13.6. The van der Waals surface area contributed by atoms with E-state index in [-0.39, 0.29) is 5.91 Å². The van der Waals surface area contributed by atoms with Crippen LogP contribution in [0.1, 0.15) is 35.6 Å². The average Bonchev–Trinajstić information content (AvgIpc) is 2.63. The lowest BCUT2D eigenvalue weighted by molar-refractivity contribution is -0.118. The van der Waals surface area contributed by atoms with Crippen molar-refractivity contribution in [2.24, 2.45) is 0 Å². The number of carbonyl (C=O) groups excluding carboxylic acids is 1. The van der Waals surface area contributed by atoms with Crippen molar-refractivity contribution < 1.29 is 4.79 Å². The molecule has 2 nitrogen and oxygen atoms in total. The fourth-order valence-electron chi connectivity index (χ4n) is 2.87. The molecule has 0 fully saturated rings. The molecule has 0 bridgehead atoms. The zero-order chi connectivity index (χ0) is 14.7. The van der Waals surface area contributed by atoms with Crippen LogP contribution in [0.3, 0.4) is 0 Å². The van der Waals surface area contributed by atoms with Crippen LogP contribution in [0.15, 0.2) is 48.5 Å². The largest absolute Gasteiger partial charge is 0.356 e. The third-order valence-electron chi connectivity index (χ3n) is 3.90. The Morgan fingerprint density at radius 3 is 2.57 bits per heavy atom. The van der Waals surface area contributed by atoms with Gasteiger partial charge in [-0.05, 0) is 40.7 Å². The summed E-state index contributed by atoms with van der Waals surface area (Å²) in [6.07, 6.45) is 4.08. The van der Waals surface area contributed by atoms with E-state index in [1.54, 1.807) is 6.92 Å². The molecule has 2 aromatic carbocycles. The number of hydrogen-bond donors (Lipinski definition) is 1. The lowest BCUT2D eigenvalue weighted by atomic mass is 9.96. The molecule has 1 aliphatic carbocycles. The predicted octanol–water partition coefficient (Wildman–Crippen LogP) is 3.66. The van der Waals surface area contributed by atoms with Gasteiger partial charge in [0.1, 0.15) is 0 Å². The van der Waals surface area contributed by atoms with Crippen molar-refractivity contribution in [1.82, 2.24) is 5.32 Å². The Bertz CT molecular complexity index is 700. The maximum absolute atomic E-state index is 11.1. The highest BCUT2D eigenvalue weighted by Crippen LogP contribution is 2.31. The van der Waals surface area contributed by atoms with Crippen molar-refractivity contribution in [2.75, 3.05) is 6.54 Å². The van der Waals surface area contributed by atoms with Gasteiger partial charge in [-0.3, -0.25) is 4.79 Å². The molecule has 0 saturated heterocycles. The molecular formula is C19H19NO. The first-order valence-corrected chi connectivity index (χ1v) is 7.35. The van der Waals surface area contributed by atoms with E-state index in [9.17, 15) is 4.79 Å². The number of carbonyl (C=O) groups is 1. The minimum absolute atomic E-state index is 0.0258. The molecular weight excluding hydrogens is 258 g/mol. The quantitative estimate of drug-likeness (QED) is 0.911. The van der Waals surface area contributed by atoms with Crippen molar-refractivity contribution in [3.8, 4) is 0 Å². The minimum atomic E-state index is 0.0258. The van der Waals surface area contributed by atoms with Gasteiger partial charge in [0.2, 0.25) is 5.91 Å². The summed E-state index contributed by atoms with van der Waals surface area (Å²) >= 11 is 0. The maximum Gasteiger partial charge on any atom is 0.216 e. The van der Waals surface area contributed by atoms with Crippen LogP contribution in [0, 0.1) is 0 Å². The molecule has 0 atom stereocenters. The lowest BCUT2D eigenvalue weighted by Gasteiger charge is -2.11. The summed E-state index contributed by atoms with van der Waals surface area (Å²) in [5.41, 5.74) is 6.60. The fourth-order valence-corrected chi connectivity index (χ4v) is 2.87. The van der Waals surface area contributed by atoms with Crippen molar-refractivity contribution in [2.45, 2.75) is 19.8 Å². The molecule has 3 rings (SSSR count). The van der Waals surface area contributed by atoms with Crippen LogP contribution < -0.4 is 5.32 Å². The van der Waals surface area contributed by atoms with Gasteiger partial charge < -0.3 is 5.32 Å². The molecule has 21 heavy (non-hydrogen) atoms. The van der Waals surface area contributed by atoms with Crippen LogP contribution in [0.25, 0.3) is 11.6 Å². The second kappa shape index (κ2) is 5.96. The summed E-state index contributed by atoms with van der Waals surface area (Å²) < 4.78 is 0. The second-order valence-electron chi connectivity index (χ2n) is 5.44. The van der Waals surface area contributed by atoms with Crippen molar-refractivity contribution in [3.05, 3.63) is 70.8 Å². The van der Waals surface area contributed by atoms with E-state index >= 15 is 0 Å². The molecule has 106 valence electrons. The normalized spacial score (nSPS) is 12.7. The summed E-state index contributed by atoms with van der Waals surface area (Å²) in [4.78, 5) is 11.1. The van der Waals surface area contributed by atoms with Gasteiger partial charge >= 0.3 is 0 Å². The summed E-state index contributed by atoms with van der Waals surface area (Å²) in [5, 5.41) is 2.89. The van der Waals surface area contributed by atoms with Crippen LogP contribution in [0.4, 0.5) is 0 Å². The highest BCUT2D eigenvalue weighted by atomic mass is 16.1. The molecule has 2 aromatic rings. The number of fused-ring (bicyclic) bond motifs is 2. The Hall–Kier alpha value is -2.35. The number of rotatable bonds is 3.